The van der Waals surface area contributed by atoms with Gasteiger partial charge in [0, 0.05) is 6.08 Å². The van der Waals surface area contributed by atoms with Gasteiger partial charge in [-0.15, -0.1) is 0 Å². The molecular weight excluding hydrogens is 130 g/mol. The van der Waals surface area contributed by atoms with E-state index in [9.17, 15) is 4.79 Å². The van der Waals surface area contributed by atoms with Gasteiger partial charge in [0.25, 0.3) is 0 Å². The van der Waals surface area contributed by atoms with Crippen LogP contribution in [0.15, 0.2) is 12.7 Å². The Morgan fingerprint density at radius 1 is 1.80 bits per heavy atom. The van der Waals surface area contributed by atoms with E-state index in [1.54, 1.807) is 0 Å². The minimum atomic E-state index is -1.05. The highest BCUT2D eigenvalue weighted by Gasteiger charge is 2.19. The number of hydrogen-bond donors (Lipinski definition) is 0. The van der Waals surface area contributed by atoms with E-state index >= 15 is 0 Å². The Bertz CT molecular complexity index is 188. The lowest BCUT2D eigenvalue weighted by molar-refractivity contribution is -0.145. The van der Waals surface area contributed by atoms with Crippen LogP contribution in [0.2, 0.25) is 0 Å². The number of nitriles is 1. The maximum atomic E-state index is 10.5. The SMILES string of the molecule is C=CC(=O)OC(C)(C)C#N. The molecule has 0 amide bonds. The van der Waals surface area contributed by atoms with Crippen LogP contribution < -0.4 is 0 Å². The lowest BCUT2D eigenvalue weighted by Gasteiger charge is -2.14. The third-order valence-corrected chi connectivity index (χ3v) is 0.792. The molecule has 54 valence electrons. The minimum Gasteiger partial charge on any atom is -0.441 e. The fourth-order valence-corrected chi connectivity index (χ4v) is 0.316. The molecule has 0 bridgehead atoms. The highest BCUT2D eigenvalue weighted by atomic mass is 16.6. The summed E-state index contributed by atoms with van der Waals surface area (Å²) >= 11 is 0. The molecule has 3 heteroatoms. The summed E-state index contributed by atoms with van der Waals surface area (Å²) in [6.45, 7) is 6.21. The molecule has 3 nitrogen and oxygen atoms in total. The van der Waals surface area contributed by atoms with Crippen molar-refractivity contribution in [3.05, 3.63) is 12.7 Å². The zero-order valence-corrected chi connectivity index (χ0v) is 6.05. The molecule has 0 atom stereocenters. The van der Waals surface area contributed by atoms with Gasteiger partial charge in [0.1, 0.15) is 6.07 Å². The van der Waals surface area contributed by atoms with E-state index in [0.717, 1.165) is 6.08 Å². The van der Waals surface area contributed by atoms with Crippen molar-refractivity contribution in [1.29, 1.82) is 5.26 Å². The molecule has 10 heavy (non-hydrogen) atoms. The van der Waals surface area contributed by atoms with Crippen LogP contribution in [0.1, 0.15) is 13.8 Å². The van der Waals surface area contributed by atoms with E-state index in [4.69, 9.17) is 5.26 Å². The lowest BCUT2D eigenvalue weighted by atomic mass is 10.2. The molecule has 0 rings (SSSR count). The van der Waals surface area contributed by atoms with Gasteiger partial charge in [-0.2, -0.15) is 5.26 Å². The zero-order valence-electron chi connectivity index (χ0n) is 6.05. The number of carbonyl (C=O) groups excluding carboxylic acids is 1. The summed E-state index contributed by atoms with van der Waals surface area (Å²) in [6.07, 6.45) is 1.03. The average molecular weight is 139 g/mol. The summed E-state index contributed by atoms with van der Waals surface area (Å²) < 4.78 is 4.62. The summed E-state index contributed by atoms with van der Waals surface area (Å²) in [6, 6.07) is 1.82. The molecule has 0 saturated carbocycles. The number of nitrogens with zero attached hydrogens (tertiary/aromatic N) is 1. The van der Waals surface area contributed by atoms with E-state index < -0.39 is 11.6 Å². The molecule has 0 spiro atoms. The molecule has 0 N–H and O–H groups in total. The van der Waals surface area contributed by atoms with Crippen molar-refractivity contribution < 1.29 is 9.53 Å². The second-order valence-electron chi connectivity index (χ2n) is 2.25. The largest absolute Gasteiger partial charge is 0.441 e. The Hall–Kier alpha value is -1.30. The highest BCUT2D eigenvalue weighted by Crippen LogP contribution is 2.06. The second kappa shape index (κ2) is 3.02. The van der Waals surface area contributed by atoms with E-state index in [-0.39, 0.29) is 0 Å². The molecule has 0 aromatic heterocycles. The first-order valence-corrected chi connectivity index (χ1v) is 2.78. The van der Waals surface area contributed by atoms with Crippen molar-refractivity contribution in [2.75, 3.05) is 0 Å². The standard InChI is InChI=1S/C7H9NO2/c1-4-6(9)10-7(2,3)5-8/h4H,1H2,2-3H3. The van der Waals surface area contributed by atoms with Crippen molar-refractivity contribution >= 4 is 5.97 Å². The van der Waals surface area contributed by atoms with Crippen LogP contribution in [0.4, 0.5) is 0 Å². The fraction of sp³-hybridized carbons (Fsp3) is 0.429. The molecule has 0 fully saturated rings. The zero-order chi connectivity index (χ0) is 8.20. The van der Waals surface area contributed by atoms with Crippen LogP contribution in [0.25, 0.3) is 0 Å². The molecule has 0 saturated heterocycles. The summed E-state index contributed by atoms with van der Waals surface area (Å²) in [7, 11) is 0. The fourth-order valence-electron chi connectivity index (χ4n) is 0.316. The Morgan fingerprint density at radius 2 is 2.30 bits per heavy atom. The Morgan fingerprint density at radius 3 is 2.60 bits per heavy atom. The first-order chi connectivity index (χ1) is 4.52. The van der Waals surface area contributed by atoms with Crippen molar-refractivity contribution in [3.8, 4) is 6.07 Å². The first-order valence-electron chi connectivity index (χ1n) is 2.78. The molecule has 0 heterocycles. The molecule has 0 unspecified atom stereocenters. The topological polar surface area (TPSA) is 50.1 Å². The smallest absolute Gasteiger partial charge is 0.331 e. The van der Waals surface area contributed by atoms with Crippen molar-refractivity contribution in [1.82, 2.24) is 0 Å². The molecule has 0 aliphatic heterocycles. The van der Waals surface area contributed by atoms with E-state index in [1.165, 1.54) is 13.8 Å². The van der Waals surface area contributed by atoms with Gasteiger partial charge >= 0.3 is 5.97 Å². The van der Waals surface area contributed by atoms with Crippen LogP contribution >= 0.6 is 0 Å². The monoisotopic (exact) mass is 139 g/mol. The molecule has 0 aliphatic carbocycles. The van der Waals surface area contributed by atoms with Gasteiger partial charge in [0.15, 0.2) is 5.60 Å². The van der Waals surface area contributed by atoms with Crippen LogP contribution in [0.3, 0.4) is 0 Å². The third kappa shape index (κ3) is 2.88. The van der Waals surface area contributed by atoms with Gasteiger partial charge in [0.2, 0.25) is 0 Å². The predicted molar refractivity (Wildman–Crippen MR) is 36.0 cm³/mol. The quantitative estimate of drug-likeness (QED) is 0.424. The summed E-state index contributed by atoms with van der Waals surface area (Å²) in [5.74, 6) is -0.577. The summed E-state index contributed by atoms with van der Waals surface area (Å²) in [5, 5.41) is 8.38. The Balaban J connectivity index is 4.04. The van der Waals surface area contributed by atoms with Crippen LogP contribution in [0, 0.1) is 11.3 Å². The second-order valence-corrected chi connectivity index (χ2v) is 2.25. The number of hydrogen-bond acceptors (Lipinski definition) is 3. The molecule has 0 aromatic rings. The maximum absolute atomic E-state index is 10.5. The number of carbonyl (C=O) groups is 1. The summed E-state index contributed by atoms with van der Waals surface area (Å²) in [5.41, 5.74) is -1.05. The number of esters is 1. The van der Waals surface area contributed by atoms with E-state index in [1.807, 2.05) is 6.07 Å². The van der Waals surface area contributed by atoms with Crippen molar-refractivity contribution in [2.24, 2.45) is 0 Å². The molecule has 0 radical (unpaired) electrons. The maximum Gasteiger partial charge on any atom is 0.331 e. The van der Waals surface area contributed by atoms with E-state index in [2.05, 4.69) is 11.3 Å². The van der Waals surface area contributed by atoms with Crippen LogP contribution in [-0.4, -0.2) is 11.6 Å². The average Bonchev–Trinajstić information content (AvgIpc) is 1.87. The summed E-state index contributed by atoms with van der Waals surface area (Å²) in [4.78, 5) is 10.5. The molecular formula is C7H9NO2. The van der Waals surface area contributed by atoms with Gasteiger partial charge in [-0.25, -0.2) is 4.79 Å². The number of ether oxygens (including phenoxy) is 1. The van der Waals surface area contributed by atoms with Gasteiger partial charge in [-0.3, -0.25) is 0 Å². The van der Waals surface area contributed by atoms with Crippen molar-refractivity contribution in [3.63, 3.8) is 0 Å². The number of rotatable bonds is 2. The first kappa shape index (κ1) is 8.70. The third-order valence-electron chi connectivity index (χ3n) is 0.792. The Kier molecular flexibility index (Phi) is 2.63. The van der Waals surface area contributed by atoms with Gasteiger partial charge in [-0.1, -0.05) is 6.58 Å². The van der Waals surface area contributed by atoms with E-state index in [0.29, 0.717) is 0 Å². The minimum absolute atomic E-state index is 0.577. The highest BCUT2D eigenvalue weighted by molar-refractivity contribution is 5.81. The predicted octanol–water partition coefficient (Wildman–Crippen LogP) is 1.02. The normalized spacial score (nSPS) is 9.70. The van der Waals surface area contributed by atoms with Crippen molar-refractivity contribution in [2.45, 2.75) is 19.4 Å². The van der Waals surface area contributed by atoms with Gasteiger partial charge < -0.3 is 4.74 Å². The lowest BCUT2D eigenvalue weighted by Crippen LogP contribution is -2.24. The van der Waals surface area contributed by atoms with Gasteiger partial charge in [0.05, 0.1) is 0 Å². The van der Waals surface area contributed by atoms with Crippen LogP contribution in [0.5, 0.6) is 0 Å². The van der Waals surface area contributed by atoms with Crippen LogP contribution in [-0.2, 0) is 9.53 Å². The Labute approximate surface area is 59.9 Å². The molecule has 0 aromatic carbocycles. The molecule has 0 aliphatic rings. The van der Waals surface area contributed by atoms with Gasteiger partial charge in [-0.05, 0) is 13.8 Å².